The van der Waals surface area contributed by atoms with Crippen molar-refractivity contribution in [2.24, 2.45) is 16.8 Å². The molecular weight excluding hydrogens is 246 g/mol. The van der Waals surface area contributed by atoms with E-state index in [1.807, 2.05) is 6.92 Å². The van der Waals surface area contributed by atoms with Gasteiger partial charge in [-0.05, 0) is 19.1 Å². The molecule has 6 heteroatoms. The second kappa shape index (κ2) is 6.63. The zero-order valence-electron chi connectivity index (χ0n) is 11.1. The van der Waals surface area contributed by atoms with E-state index in [0.717, 1.165) is 0 Å². The van der Waals surface area contributed by atoms with Crippen LogP contribution in [-0.2, 0) is 0 Å². The Bertz CT molecular complexity index is 474. The normalized spacial score (nSPS) is 13.1. The van der Waals surface area contributed by atoms with Crippen LogP contribution < -0.4 is 5.73 Å². The maximum Gasteiger partial charge on any atom is 0.257 e. The number of carbonyl (C=O) groups is 1. The van der Waals surface area contributed by atoms with Crippen LogP contribution in [0.5, 0.6) is 5.75 Å². The van der Waals surface area contributed by atoms with Crippen LogP contribution >= 0.6 is 0 Å². The molecule has 1 rings (SSSR count). The predicted molar refractivity (Wildman–Crippen MR) is 72.3 cm³/mol. The van der Waals surface area contributed by atoms with Gasteiger partial charge in [-0.25, -0.2) is 0 Å². The molecule has 0 aliphatic carbocycles. The Balaban J connectivity index is 2.86. The van der Waals surface area contributed by atoms with Crippen LogP contribution in [-0.4, -0.2) is 40.0 Å². The maximum absolute atomic E-state index is 12.3. The van der Waals surface area contributed by atoms with Gasteiger partial charge in [-0.1, -0.05) is 24.2 Å². The van der Waals surface area contributed by atoms with Crippen LogP contribution in [0.2, 0.25) is 0 Å². The lowest BCUT2D eigenvalue weighted by Crippen LogP contribution is -2.38. The van der Waals surface area contributed by atoms with Gasteiger partial charge in [-0.3, -0.25) is 4.79 Å². The lowest BCUT2D eigenvalue weighted by Gasteiger charge is -2.24. The van der Waals surface area contributed by atoms with Gasteiger partial charge in [0.15, 0.2) is 0 Å². The number of para-hydroxylation sites is 1. The minimum Gasteiger partial charge on any atom is -0.507 e. The average molecular weight is 265 g/mol. The van der Waals surface area contributed by atoms with E-state index < -0.39 is 0 Å². The highest BCUT2D eigenvalue weighted by Crippen LogP contribution is 2.18. The number of hydrogen-bond acceptors (Lipinski definition) is 4. The number of benzene rings is 1. The largest absolute Gasteiger partial charge is 0.507 e. The van der Waals surface area contributed by atoms with Crippen LogP contribution in [0.1, 0.15) is 24.2 Å². The summed E-state index contributed by atoms with van der Waals surface area (Å²) in [6.07, 6.45) is 0. The van der Waals surface area contributed by atoms with Crippen molar-refractivity contribution < 1.29 is 15.1 Å². The molecule has 0 heterocycles. The Hall–Kier alpha value is -2.24. The van der Waals surface area contributed by atoms with Crippen molar-refractivity contribution in [2.75, 3.05) is 13.1 Å². The summed E-state index contributed by atoms with van der Waals surface area (Å²) < 4.78 is 0. The van der Waals surface area contributed by atoms with Gasteiger partial charge in [0.25, 0.3) is 5.91 Å². The van der Waals surface area contributed by atoms with Crippen molar-refractivity contribution in [3.05, 3.63) is 29.8 Å². The highest BCUT2D eigenvalue weighted by Gasteiger charge is 2.20. The van der Waals surface area contributed by atoms with E-state index in [9.17, 15) is 9.90 Å². The molecule has 4 N–H and O–H groups in total. The topological polar surface area (TPSA) is 99.1 Å². The van der Waals surface area contributed by atoms with Crippen molar-refractivity contribution >= 4 is 11.7 Å². The molecule has 0 radical (unpaired) electrons. The van der Waals surface area contributed by atoms with Crippen LogP contribution in [0.15, 0.2) is 29.4 Å². The van der Waals surface area contributed by atoms with Crippen LogP contribution in [0.4, 0.5) is 0 Å². The fourth-order valence-electron chi connectivity index (χ4n) is 1.70. The third-order valence-electron chi connectivity index (χ3n) is 2.92. The predicted octanol–water partition coefficient (Wildman–Crippen LogP) is 1.24. The van der Waals surface area contributed by atoms with Gasteiger partial charge < -0.3 is 20.9 Å². The van der Waals surface area contributed by atoms with E-state index in [2.05, 4.69) is 5.16 Å². The third kappa shape index (κ3) is 3.61. The highest BCUT2D eigenvalue weighted by atomic mass is 16.4. The molecule has 0 fully saturated rings. The number of carbonyl (C=O) groups excluding carboxylic acids is 1. The molecule has 0 aromatic heterocycles. The quantitative estimate of drug-likeness (QED) is 0.323. The molecule has 0 aliphatic rings. The zero-order chi connectivity index (χ0) is 14.4. The molecule has 0 bridgehead atoms. The highest BCUT2D eigenvalue weighted by molar-refractivity contribution is 5.97. The number of aromatic hydroxyl groups is 1. The molecule has 1 atom stereocenters. The first-order chi connectivity index (χ1) is 9.01. The van der Waals surface area contributed by atoms with E-state index in [-0.39, 0.29) is 29.0 Å². The number of amides is 1. The van der Waals surface area contributed by atoms with Gasteiger partial charge in [0.1, 0.15) is 11.6 Å². The van der Waals surface area contributed by atoms with Crippen molar-refractivity contribution in [3.63, 3.8) is 0 Å². The first-order valence-electron chi connectivity index (χ1n) is 6.05. The van der Waals surface area contributed by atoms with E-state index in [1.54, 1.807) is 25.1 Å². The average Bonchev–Trinajstić information content (AvgIpc) is 2.43. The zero-order valence-corrected chi connectivity index (χ0v) is 11.1. The molecule has 0 saturated carbocycles. The first kappa shape index (κ1) is 14.8. The van der Waals surface area contributed by atoms with Crippen LogP contribution in [0.25, 0.3) is 0 Å². The second-order valence-electron chi connectivity index (χ2n) is 4.29. The monoisotopic (exact) mass is 265 g/mol. The standard InChI is InChI=1S/C13H19N3O3/c1-3-16(8-9(2)12(14)15-19)13(18)10-6-4-5-7-11(10)17/h4-7,9,17,19H,3,8H2,1-2H3,(H2,14,15). The molecule has 1 unspecified atom stereocenters. The van der Waals surface area contributed by atoms with Crippen LogP contribution in [0, 0.1) is 5.92 Å². The lowest BCUT2D eigenvalue weighted by atomic mass is 10.1. The molecule has 19 heavy (non-hydrogen) atoms. The first-order valence-corrected chi connectivity index (χ1v) is 6.05. The van der Waals surface area contributed by atoms with E-state index >= 15 is 0 Å². The maximum atomic E-state index is 12.3. The number of phenols is 1. The van der Waals surface area contributed by atoms with Gasteiger partial charge in [0, 0.05) is 19.0 Å². The summed E-state index contributed by atoms with van der Waals surface area (Å²) in [6.45, 7) is 4.38. The van der Waals surface area contributed by atoms with Gasteiger partial charge in [0.05, 0.1) is 5.56 Å². The Morgan fingerprint density at radius 2 is 2.11 bits per heavy atom. The number of amidine groups is 1. The fourth-order valence-corrected chi connectivity index (χ4v) is 1.70. The number of oxime groups is 1. The Morgan fingerprint density at radius 3 is 2.63 bits per heavy atom. The summed E-state index contributed by atoms with van der Waals surface area (Å²) in [5.41, 5.74) is 5.75. The minimum absolute atomic E-state index is 0.0533. The number of phenolic OH excluding ortho intramolecular Hbond substituents is 1. The summed E-state index contributed by atoms with van der Waals surface area (Å²) in [5.74, 6) is -0.524. The molecular formula is C13H19N3O3. The van der Waals surface area contributed by atoms with E-state index in [0.29, 0.717) is 13.1 Å². The van der Waals surface area contributed by atoms with E-state index in [4.69, 9.17) is 10.9 Å². The molecule has 6 nitrogen and oxygen atoms in total. The summed E-state index contributed by atoms with van der Waals surface area (Å²) in [5, 5.41) is 21.2. The van der Waals surface area contributed by atoms with Crippen molar-refractivity contribution in [3.8, 4) is 5.75 Å². The summed E-state index contributed by atoms with van der Waals surface area (Å²) in [6, 6.07) is 6.37. The SMILES string of the molecule is CCN(CC(C)/C(N)=N/O)C(=O)c1ccccc1O. The minimum atomic E-state index is -0.279. The molecule has 104 valence electrons. The Kier molecular flexibility index (Phi) is 5.17. The summed E-state index contributed by atoms with van der Waals surface area (Å²) in [4.78, 5) is 13.8. The number of nitrogens with zero attached hydrogens (tertiary/aromatic N) is 2. The molecule has 1 amide bonds. The number of nitrogens with two attached hydrogens (primary N) is 1. The van der Waals surface area contributed by atoms with Crippen molar-refractivity contribution in [1.29, 1.82) is 0 Å². The third-order valence-corrected chi connectivity index (χ3v) is 2.92. The number of hydrogen-bond donors (Lipinski definition) is 3. The van der Waals surface area contributed by atoms with E-state index in [1.165, 1.54) is 11.0 Å². The summed E-state index contributed by atoms with van der Waals surface area (Å²) >= 11 is 0. The molecule has 1 aromatic carbocycles. The molecule has 1 aromatic rings. The number of rotatable bonds is 5. The molecule has 0 saturated heterocycles. The van der Waals surface area contributed by atoms with Crippen molar-refractivity contribution in [2.45, 2.75) is 13.8 Å². The fraction of sp³-hybridized carbons (Fsp3) is 0.385. The Labute approximate surface area is 112 Å². The van der Waals surface area contributed by atoms with Gasteiger partial charge in [-0.2, -0.15) is 0 Å². The van der Waals surface area contributed by atoms with Gasteiger partial charge in [0.2, 0.25) is 0 Å². The summed E-state index contributed by atoms with van der Waals surface area (Å²) in [7, 11) is 0. The molecule has 0 aliphatic heterocycles. The lowest BCUT2D eigenvalue weighted by molar-refractivity contribution is 0.0751. The van der Waals surface area contributed by atoms with Gasteiger partial charge in [-0.15, -0.1) is 0 Å². The van der Waals surface area contributed by atoms with Crippen molar-refractivity contribution in [1.82, 2.24) is 4.90 Å². The molecule has 0 spiro atoms. The van der Waals surface area contributed by atoms with Gasteiger partial charge >= 0.3 is 0 Å². The smallest absolute Gasteiger partial charge is 0.257 e. The van der Waals surface area contributed by atoms with Crippen LogP contribution in [0.3, 0.4) is 0 Å². The Morgan fingerprint density at radius 1 is 1.47 bits per heavy atom. The second-order valence-corrected chi connectivity index (χ2v) is 4.29.